The fourth-order valence-electron chi connectivity index (χ4n) is 2.75. The first-order valence-corrected chi connectivity index (χ1v) is 8.11. The lowest BCUT2D eigenvalue weighted by Crippen LogP contribution is -2.32. The monoisotopic (exact) mass is 347 g/mol. The predicted molar refractivity (Wildman–Crippen MR) is 88.8 cm³/mol. The molecule has 2 aromatic carbocycles. The Morgan fingerprint density at radius 3 is 2.40 bits per heavy atom. The molecule has 2 aromatic rings. The maximum absolute atomic E-state index is 13.4. The van der Waals surface area contributed by atoms with Crippen LogP contribution < -0.4 is 14.8 Å². The van der Waals surface area contributed by atoms with Crippen molar-refractivity contribution < 1.29 is 23.0 Å². The zero-order chi connectivity index (χ0) is 18.0. The van der Waals surface area contributed by atoms with Crippen LogP contribution in [0.3, 0.4) is 0 Å². The number of ether oxygens (including phenoxy) is 2. The van der Waals surface area contributed by atoms with Gasteiger partial charge in [-0.15, -0.1) is 0 Å². The second-order valence-corrected chi connectivity index (χ2v) is 6.23. The fraction of sp³-hybridized carbons (Fsp3) is 0.316. The summed E-state index contributed by atoms with van der Waals surface area (Å²) in [6.07, 6.45) is 0. The van der Waals surface area contributed by atoms with E-state index in [1.165, 1.54) is 6.07 Å². The van der Waals surface area contributed by atoms with Crippen molar-refractivity contribution in [1.29, 1.82) is 0 Å². The summed E-state index contributed by atoms with van der Waals surface area (Å²) in [5, 5.41) is 2.88. The Bertz CT molecular complexity index is 792. The maximum atomic E-state index is 13.4. The first-order valence-electron chi connectivity index (χ1n) is 8.11. The van der Waals surface area contributed by atoms with Crippen LogP contribution in [-0.4, -0.2) is 19.1 Å². The van der Waals surface area contributed by atoms with Gasteiger partial charge in [-0.3, -0.25) is 4.79 Å². The number of amides is 1. The van der Waals surface area contributed by atoms with Gasteiger partial charge >= 0.3 is 0 Å². The summed E-state index contributed by atoms with van der Waals surface area (Å²) >= 11 is 0. The summed E-state index contributed by atoms with van der Waals surface area (Å²) in [6, 6.07) is 8.30. The van der Waals surface area contributed by atoms with E-state index >= 15 is 0 Å². The number of benzene rings is 2. The summed E-state index contributed by atoms with van der Waals surface area (Å²) in [5.74, 6) is -1.11. The minimum absolute atomic E-state index is 0.0714. The molecule has 0 bridgehead atoms. The Kier molecular flexibility index (Phi) is 4.88. The number of halogens is 2. The standard InChI is InChI=1S/C19H19F2NO3/c1-11(2)18(12-4-6-16-17(10-12)25-8-7-24-16)22-19(23)13-3-5-14(20)15(21)9-13/h3-6,9-11,18H,7-8H2,1-2H3,(H,22,23)/t18-/m0/s1. The summed E-state index contributed by atoms with van der Waals surface area (Å²) in [6.45, 7) is 4.91. The maximum Gasteiger partial charge on any atom is 0.251 e. The summed E-state index contributed by atoms with van der Waals surface area (Å²) in [4.78, 5) is 12.4. The molecule has 1 atom stereocenters. The van der Waals surface area contributed by atoms with Gasteiger partial charge in [-0.1, -0.05) is 19.9 Å². The number of nitrogens with one attached hydrogen (secondary N) is 1. The first kappa shape index (κ1) is 17.2. The minimum atomic E-state index is -1.05. The number of hydrogen-bond acceptors (Lipinski definition) is 3. The molecule has 4 nitrogen and oxygen atoms in total. The number of hydrogen-bond donors (Lipinski definition) is 1. The lowest BCUT2D eigenvalue weighted by atomic mass is 9.95. The van der Waals surface area contributed by atoms with E-state index in [2.05, 4.69) is 5.32 Å². The van der Waals surface area contributed by atoms with E-state index in [-0.39, 0.29) is 17.5 Å². The van der Waals surface area contributed by atoms with Gasteiger partial charge in [-0.25, -0.2) is 8.78 Å². The molecule has 1 heterocycles. The minimum Gasteiger partial charge on any atom is -0.486 e. The third-order valence-electron chi connectivity index (χ3n) is 4.06. The van der Waals surface area contributed by atoms with E-state index in [0.717, 1.165) is 17.7 Å². The molecule has 0 aromatic heterocycles. The number of rotatable bonds is 4. The van der Waals surface area contributed by atoms with Crippen molar-refractivity contribution in [3.05, 3.63) is 59.2 Å². The lowest BCUT2D eigenvalue weighted by molar-refractivity contribution is 0.0924. The van der Waals surface area contributed by atoms with Gasteiger partial charge in [0.25, 0.3) is 5.91 Å². The lowest BCUT2D eigenvalue weighted by Gasteiger charge is -2.25. The van der Waals surface area contributed by atoms with Crippen molar-refractivity contribution in [2.45, 2.75) is 19.9 Å². The molecule has 6 heteroatoms. The number of carbonyl (C=O) groups is 1. The van der Waals surface area contributed by atoms with Crippen molar-refractivity contribution >= 4 is 5.91 Å². The van der Waals surface area contributed by atoms with Crippen molar-refractivity contribution in [1.82, 2.24) is 5.32 Å². The number of fused-ring (bicyclic) bond motifs is 1. The first-order chi connectivity index (χ1) is 12.0. The van der Waals surface area contributed by atoms with Crippen molar-refractivity contribution in [2.75, 3.05) is 13.2 Å². The van der Waals surface area contributed by atoms with Crippen LogP contribution in [0.25, 0.3) is 0 Å². The topological polar surface area (TPSA) is 47.6 Å². The van der Waals surface area contributed by atoms with Crippen LogP contribution in [-0.2, 0) is 0 Å². The third-order valence-corrected chi connectivity index (χ3v) is 4.06. The van der Waals surface area contributed by atoms with Crippen LogP contribution in [0, 0.1) is 17.6 Å². The molecule has 0 spiro atoms. The molecule has 0 aliphatic carbocycles. The molecular weight excluding hydrogens is 328 g/mol. The Balaban J connectivity index is 1.84. The van der Waals surface area contributed by atoms with Crippen molar-refractivity contribution in [2.24, 2.45) is 5.92 Å². The molecular formula is C19H19F2NO3. The highest BCUT2D eigenvalue weighted by molar-refractivity contribution is 5.94. The molecule has 0 fully saturated rings. The van der Waals surface area contributed by atoms with Gasteiger partial charge in [0.2, 0.25) is 0 Å². The molecule has 132 valence electrons. The zero-order valence-corrected chi connectivity index (χ0v) is 14.0. The van der Waals surface area contributed by atoms with Gasteiger partial charge in [0.15, 0.2) is 23.1 Å². The van der Waals surface area contributed by atoms with Gasteiger partial charge in [-0.2, -0.15) is 0 Å². The second-order valence-electron chi connectivity index (χ2n) is 6.23. The third kappa shape index (κ3) is 3.73. The Morgan fingerprint density at radius 2 is 1.72 bits per heavy atom. The van der Waals surface area contributed by atoms with Gasteiger partial charge in [0, 0.05) is 5.56 Å². The van der Waals surface area contributed by atoms with E-state index in [1.807, 2.05) is 32.0 Å². The summed E-state index contributed by atoms with van der Waals surface area (Å²) in [7, 11) is 0. The van der Waals surface area contributed by atoms with E-state index in [9.17, 15) is 13.6 Å². The van der Waals surface area contributed by atoms with E-state index in [0.29, 0.717) is 24.7 Å². The van der Waals surface area contributed by atoms with Crippen molar-refractivity contribution in [3.8, 4) is 11.5 Å². The zero-order valence-electron chi connectivity index (χ0n) is 14.0. The largest absolute Gasteiger partial charge is 0.486 e. The number of carbonyl (C=O) groups excluding carboxylic acids is 1. The molecule has 1 aliphatic rings. The highest BCUT2D eigenvalue weighted by Crippen LogP contribution is 2.34. The van der Waals surface area contributed by atoms with Gasteiger partial charge in [0.05, 0.1) is 6.04 Å². The molecule has 1 aliphatic heterocycles. The van der Waals surface area contributed by atoms with Crippen LogP contribution >= 0.6 is 0 Å². The fourth-order valence-corrected chi connectivity index (χ4v) is 2.75. The van der Waals surface area contributed by atoms with E-state index in [4.69, 9.17) is 9.47 Å². The molecule has 0 saturated heterocycles. The highest BCUT2D eigenvalue weighted by Gasteiger charge is 2.22. The van der Waals surface area contributed by atoms with Crippen LogP contribution in [0.5, 0.6) is 11.5 Å². The molecule has 0 unspecified atom stereocenters. The molecule has 0 saturated carbocycles. The summed E-state index contributed by atoms with van der Waals surface area (Å²) < 4.78 is 37.5. The van der Waals surface area contributed by atoms with E-state index < -0.39 is 17.5 Å². The molecule has 25 heavy (non-hydrogen) atoms. The highest BCUT2D eigenvalue weighted by atomic mass is 19.2. The smallest absolute Gasteiger partial charge is 0.251 e. The van der Waals surface area contributed by atoms with Gasteiger partial charge in [-0.05, 0) is 41.8 Å². The van der Waals surface area contributed by atoms with Gasteiger partial charge in [0.1, 0.15) is 13.2 Å². The van der Waals surface area contributed by atoms with E-state index in [1.54, 1.807) is 0 Å². The normalized spacial score (nSPS) is 14.3. The van der Waals surface area contributed by atoms with Gasteiger partial charge < -0.3 is 14.8 Å². The Hall–Kier alpha value is -2.63. The van der Waals surface area contributed by atoms with Crippen LogP contribution in [0.4, 0.5) is 8.78 Å². The molecule has 3 rings (SSSR count). The average molecular weight is 347 g/mol. The quantitative estimate of drug-likeness (QED) is 0.913. The SMILES string of the molecule is CC(C)[C@H](NC(=O)c1ccc(F)c(F)c1)c1ccc2c(c1)OCCO2. The van der Waals surface area contributed by atoms with Crippen LogP contribution in [0.2, 0.25) is 0 Å². The van der Waals surface area contributed by atoms with Crippen LogP contribution in [0.1, 0.15) is 35.8 Å². The van der Waals surface area contributed by atoms with Crippen molar-refractivity contribution in [3.63, 3.8) is 0 Å². The second kappa shape index (κ2) is 7.09. The molecule has 1 N–H and O–H groups in total. The Morgan fingerprint density at radius 1 is 1.00 bits per heavy atom. The van der Waals surface area contributed by atoms with Crippen LogP contribution in [0.15, 0.2) is 36.4 Å². The molecule has 1 amide bonds. The average Bonchev–Trinajstić information content (AvgIpc) is 2.61. The Labute approximate surface area is 144 Å². The molecule has 0 radical (unpaired) electrons. The predicted octanol–water partition coefficient (Wildman–Crippen LogP) is 3.86. The summed E-state index contributed by atoms with van der Waals surface area (Å²) in [5.41, 5.74) is 0.928.